The fraction of sp³-hybridized carbons (Fsp3) is 0.441. The van der Waals surface area contributed by atoms with Crippen molar-refractivity contribution in [2.24, 2.45) is 5.92 Å². The second kappa shape index (κ2) is 11.4. The summed E-state index contributed by atoms with van der Waals surface area (Å²) in [5, 5.41) is 2.78. The van der Waals surface area contributed by atoms with Crippen molar-refractivity contribution in [1.29, 1.82) is 0 Å². The van der Waals surface area contributed by atoms with Gasteiger partial charge in [-0.2, -0.15) is 13.2 Å². The number of carbonyl (C=O) groups excluding carboxylic acids is 2. The van der Waals surface area contributed by atoms with E-state index in [2.05, 4.69) is 22.1 Å². The maximum atomic E-state index is 14.1. The number of ether oxygens (including phenoxy) is 2. The van der Waals surface area contributed by atoms with Gasteiger partial charge in [-0.1, -0.05) is 19.1 Å². The lowest BCUT2D eigenvalue weighted by atomic mass is 9.96. The van der Waals surface area contributed by atoms with Crippen molar-refractivity contribution in [2.45, 2.75) is 57.9 Å². The number of aryl methyl sites for hydroxylation is 1. The number of rotatable bonds is 8. The van der Waals surface area contributed by atoms with E-state index >= 15 is 0 Å². The second-order valence-electron chi connectivity index (χ2n) is 12.4. The van der Waals surface area contributed by atoms with Crippen LogP contribution in [0.5, 0.6) is 17.2 Å². The minimum atomic E-state index is -4.55. The van der Waals surface area contributed by atoms with Gasteiger partial charge in [0.25, 0.3) is 0 Å². The second-order valence-corrected chi connectivity index (χ2v) is 12.4. The number of amides is 1. The Labute approximate surface area is 259 Å². The van der Waals surface area contributed by atoms with E-state index < -0.39 is 11.7 Å². The highest BCUT2D eigenvalue weighted by Crippen LogP contribution is 2.61. The molecule has 7 rings (SSSR count). The Bertz CT molecular complexity index is 1670. The summed E-state index contributed by atoms with van der Waals surface area (Å²) in [4.78, 5) is 33.7. The molecule has 4 heterocycles. The zero-order valence-corrected chi connectivity index (χ0v) is 25.2. The number of Topliss-reactive ketones (excluding diaryl/α,β-unsaturated/α-hetero) is 1. The Hall–Kier alpha value is -3.96. The van der Waals surface area contributed by atoms with Crippen LogP contribution in [0.1, 0.15) is 63.9 Å². The quantitative estimate of drug-likeness (QED) is 0.311. The summed E-state index contributed by atoms with van der Waals surface area (Å²) in [6.45, 7) is 8.26. The van der Waals surface area contributed by atoms with Gasteiger partial charge in [0.15, 0.2) is 5.78 Å². The smallest absolute Gasteiger partial charge is 0.416 e. The van der Waals surface area contributed by atoms with E-state index in [-0.39, 0.29) is 53.7 Å². The molecule has 8 nitrogen and oxygen atoms in total. The third-order valence-electron chi connectivity index (χ3n) is 9.55. The first-order valence-corrected chi connectivity index (χ1v) is 15.5. The van der Waals surface area contributed by atoms with Gasteiger partial charge >= 0.3 is 6.18 Å². The number of pyridine rings is 1. The van der Waals surface area contributed by atoms with Gasteiger partial charge in [0, 0.05) is 80.3 Å². The molecule has 4 aliphatic rings. The van der Waals surface area contributed by atoms with Crippen LogP contribution in [-0.4, -0.2) is 65.3 Å². The van der Waals surface area contributed by atoms with Crippen LogP contribution in [0, 0.1) is 12.8 Å². The van der Waals surface area contributed by atoms with E-state index in [1.807, 2.05) is 24.0 Å². The number of ketones is 1. The number of likely N-dealkylation sites (N-methyl/N-ethyl adjacent to an activating group) is 1. The Morgan fingerprint density at radius 3 is 2.62 bits per heavy atom. The van der Waals surface area contributed by atoms with Crippen molar-refractivity contribution < 1.29 is 32.2 Å². The molecule has 1 amide bonds. The van der Waals surface area contributed by atoms with Gasteiger partial charge in [0.2, 0.25) is 5.91 Å². The molecule has 3 unspecified atom stereocenters. The molecule has 1 aliphatic carbocycles. The molecule has 3 aliphatic heterocycles. The van der Waals surface area contributed by atoms with Crippen molar-refractivity contribution in [3.63, 3.8) is 0 Å². The Balaban J connectivity index is 1.05. The predicted molar refractivity (Wildman–Crippen MR) is 161 cm³/mol. The molecule has 0 bridgehead atoms. The highest BCUT2D eigenvalue weighted by Gasteiger charge is 2.59. The van der Waals surface area contributed by atoms with Gasteiger partial charge < -0.3 is 19.7 Å². The molecule has 11 heteroatoms. The predicted octanol–water partition coefficient (Wildman–Crippen LogP) is 5.97. The molecule has 2 fully saturated rings. The molecule has 2 aromatic carbocycles. The average Bonchev–Trinajstić information content (AvgIpc) is 3.53. The number of benzene rings is 2. The lowest BCUT2D eigenvalue weighted by Gasteiger charge is -2.34. The molecule has 0 spiro atoms. The van der Waals surface area contributed by atoms with Crippen molar-refractivity contribution in [3.05, 3.63) is 76.0 Å². The van der Waals surface area contributed by atoms with E-state index in [9.17, 15) is 22.8 Å². The van der Waals surface area contributed by atoms with Crippen LogP contribution in [0.3, 0.4) is 0 Å². The normalized spacial score (nSPS) is 22.6. The monoisotopic (exact) mass is 620 g/mol. The summed E-state index contributed by atoms with van der Waals surface area (Å²) in [6.07, 6.45) is -2.17. The van der Waals surface area contributed by atoms with Gasteiger partial charge in [-0.3, -0.25) is 14.5 Å². The minimum absolute atomic E-state index is 0.0278. The first-order chi connectivity index (χ1) is 21.6. The number of nitrogens with zero attached hydrogens (tertiary/aromatic N) is 3. The van der Waals surface area contributed by atoms with E-state index in [4.69, 9.17) is 9.47 Å². The van der Waals surface area contributed by atoms with Gasteiger partial charge in [0.05, 0.1) is 5.56 Å². The SMILES string of the molecule is CCN1CCN(Cc2ccc(C(=O)CC3C4Oc5c(C)cc(Oc6ccnc7c6CCC(=O)N7)cc5C34)cc2C(F)(F)F)CC1. The lowest BCUT2D eigenvalue weighted by molar-refractivity contribution is -0.138. The maximum Gasteiger partial charge on any atom is 0.416 e. The van der Waals surface area contributed by atoms with Crippen molar-refractivity contribution >= 4 is 17.5 Å². The summed E-state index contributed by atoms with van der Waals surface area (Å²) < 4.78 is 54.9. The first-order valence-electron chi connectivity index (χ1n) is 15.5. The summed E-state index contributed by atoms with van der Waals surface area (Å²) >= 11 is 0. The van der Waals surface area contributed by atoms with Crippen molar-refractivity contribution in [1.82, 2.24) is 14.8 Å². The minimum Gasteiger partial charge on any atom is -0.489 e. The number of anilines is 1. The number of halogens is 3. The number of piperazine rings is 1. The molecular formula is C34H35F3N4O4. The Morgan fingerprint density at radius 2 is 1.87 bits per heavy atom. The zero-order chi connectivity index (χ0) is 31.5. The lowest BCUT2D eigenvalue weighted by Crippen LogP contribution is -2.45. The first kappa shape index (κ1) is 29.7. The van der Waals surface area contributed by atoms with Crippen molar-refractivity contribution in [3.8, 4) is 17.2 Å². The van der Waals surface area contributed by atoms with E-state index in [1.165, 1.54) is 12.1 Å². The topological polar surface area (TPSA) is 84.0 Å². The van der Waals surface area contributed by atoms with Gasteiger partial charge in [-0.05, 0) is 55.3 Å². The van der Waals surface area contributed by atoms with Crippen LogP contribution < -0.4 is 14.8 Å². The number of alkyl halides is 3. The highest BCUT2D eigenvalue weighted by molar-refractivity contribution is 5.97. The molecule has 45 heavy (non-hydrogen) atoms. The third-order valence-corrected chi connectivity index (χ3v) is 9.55. The molecular weight excluding hydrogens is 585 g/mol. The fourth-order valence-electron chi connectivity index (χ4n) is 6.99. The molecule has 3 aromatic rings. The average molecular weight is 621 g/mol. The summed E-state index contributed by atoms with van der Waals surface area (Å²) in [7, 11) is 0. The summed E-state index contributed by atoms with van der Waals surface area (Å²) in [5.41, 5.74) is 2.22. The maximum absolute atomic E-state index is 14.1. The number of hydrogen-bond acceptors (Lipinski definition) is 7. The summed E-state index contributed by atoms with van der Waals surface area (Å²) in [6, 6.07) is 9.61. The number of nitrogens with one attached hydrogen (secondary N) is 1. The van der Waals surface area contributed by atoms with E-state index in [0.29, 0.717) is 43.2 Å². The number of aromatic nitrogens is 1. The standard InChI is InChI=1S/C34H35F3N4O4/c1-3-40-10-12-41(13-11-40)18-21-5-4-20(15-26(21)34(35,36)37)27(42)17-25-30-24-16-22(14-19(2)31(24)45-32(25)30)44-28-8-9-38-33-23(28)6-7-29(43)39-33/h4-5,8-9,14-16,25,30,32H,3,6-7,10-13,17-18H2,1-2H3,(H,38,39,43). The fourth-order valence-corrected chi connectivity index (χ4v) is 6.99. The molecule has 3 atom stereocenters. The third kappa shape index (κ3) is 5.79. The van der Waals surface area contributed by atoms with Crippen LogP contribution in [-0.2, 0) is 23.9 Å². The largest absolute Gasteiger partial charge is 0.489 e. The van der Waals surface area contributed by atoms with Crippen LogP contribution in [0.4, 0.5) is 19.0 Å². The van der Waals surface area contributed by atoms with Crippen LogP contribution in [0.2, 0.25) is 0 Å². The van der Waals surface area contributed by atoms with Crippen LogP contribution in [0.25, 0.3) is 0 Å². The van der Waals surface area contributed by atoms with E-state index in [0.717, 1.165) is 48.1 Å². The molecule has 1 N–H and O–H groups in total. The van der Waals surface area contributed by atoms with Gasteiger partial charge in [-0.15, -0.1) is 0 Å². The molecule has 1 saturated heterocycles. The van der Waals surface area contributed by atoms with Gasteiger partial charge in [0.1, 0.15) is 29.2 Å². The number of hydrogen-bond donors (Lipinski definition) is 1. The van der Waals surface area contributed by atoms with Crippen molar-refractivity contribution in [2.75, 3.05) is 38.0 Å². The van der Waals surface area contributed by atoms with E-state index in [1.54, 1.807) is 12.3 Å². The number of carbonyl (C=O) groups is 2. The number of fused-ring (bicyclic) bond motifs is 4. The zero-order valence-electron chi connectivity index (χ0n) is 25.2. The molecule has 0 radical (unpaired) electrons. The summed E-state index contributed by atoms with van der Waals surface area (Å²) in [5.74, 6) is 1.96. The van der Waals surface area contributed by atoms with Crippen LogP contribution >= 0.6 is 0 Å². The highest BCUT2D eigenvalue weighted by atomic mass is 19.4. The van der Waals surface area contributed by atoms with Crippen LogP contribution in [0.15, 0.2) is 42.6 Å². The Kier molecular flexibility index (Phi) is 7.56. The Morgan fingerprint density at radius 1 is 1.09 bits per heavy atom. The van der Waals surface area contributed by atoms with Gasteiger partial charge in [-0.25, -0.2) is 4.98 Å². The molecule has 1 saturated carbocycles. The molecule has 236 valence electrons. The molecule has 1 aromatic heterocycles.